The van der Waals surface area contributed by atoms with Crippen molar-refractivity contribution in [3.05, 3.63) is 87.4 Å². The topological polar surface area (TPSA) is 21.3 Å². The van der Waals surface area contributed by atoms with Crippen molar-refractivity contribution >= 4 is 17.2 Å². The van der Waals surface area contributed by atoms with Crippen LogP contribution in [0.3, 0.4) is 0 Å². The van der Waals surface area contributed by atoms with Gasteiger partial charge in [0, 0.05) is 5.03 Å². The second kappa shape index (κ2) is 12.1. The lowest BCUT2D eigenvalue weighted by molar-refractivity contribution is 0.0236. The summed E-state index contributed by atoms with van der Waals surface area (Å²) in [6.07, 6.45) is 11.0. The molecule has 2 rings (SSSR count). The van der Waals surface area contributed by atoms with Crippen LogP contribution in [0.15, 0.2) is 76.0 Å². The van der Waals surface area contributed by atoms with E-state index in [1.54, 1.807) is 12.1 Å². The number of hydrogen-bond donors (Lipinski definition) is 1. The fourth-order valence-corrected chi connectivity index (χ4v) is 3.89. The zero-order valence-electron chi connectivity index (χ0n) is 19.6. The summed E-state index contributed by atoms with van der Waals surface area (Å²) < 4.78 is 13.2. The molecule has 0 bridgehead atoms. The van der Waals surface area contributed by atoms with Gasteiger partial charge in [0.2, 0.25) is 0 Å². The van der Waals surface area contributed by atoms with Gasteiger partial charge in [-0.3, -0.25) is 10.3 Å². The molecule has 2 atom stereocenters. The van der Waals surface area contributed by atoms with Gasteiger partial charge in [-0.1, -0.05) is 62.2 Å². The molecule has 0 heterocycles. The number of hydroxylamine groups is 1. The SMILES string of the molecule is CC/C(=C(/Cl)C(C)CC)C(C)ONC1=CC(/C=C(\C)c2ccc(F)cc2)=C(C)CC=C1. The fourth-order valence-electron chi connectivity index (χ4n) is 3.45. The number of hydrogen-bond acceptors (Lipinski definition) is 2. The van der Waals surface area contributed by atoms with Gasteiger partial charge in [0.15, 0.2) is 0 Å². The monoisotopic (exact) mass is 443 g/mol. The zero-order chi connectivity index (χ0) is 23.0. The summed E-state index contributed by atoms with van der Waals surface area (Å²) >= 11 is 6.61. The Balaban J connectivity index is 2.19. The molecule has 1 N–H and O–H groups in total. The summed E-state index contributed by atoms with van der Waals surface area (Å²) in [7, 11) is 0. The van der Waals surface area contributed by atoms with Crippen molar-refractivity contribution in [1.82, 2.24) is 5.48 Å². The van der Waals surface area contributed by atoms with Crippen molar-refractivity contribution < 1.29 is 9.23 Å². The highest BCUT2D eigenvalue weighted by atomic mass is 35.5. The third kappa shape index (κ3) is 7.22. The standard InChI is InChI=1S/C27H35ClFNO/c1-7-18(3)27(28)26(8-2)21(6)31-30-25-11-9-10-19(4)23(17-25)16-20(5)22-12-14-24(29)15-13-22/h9,11-18,21,30H,7-8,10H2,1-6H3/b20-16+,27-26-. The van der Waals surface area contributed by atoms with Gasteiger partial charge in [-0.2, -0.15) is 0 Å². The van der Waals surface area contributed by atoms with E-state index in [0.717, 1.165) is 52.3 Å². The van der Waals surface area contributed by atoms with Crippen LogP contribution in [0.1, 0.15) is 66.4 Å². The molecule has 0 saturated heterocycles. The molecule has 0 radical (unpaired) electrons. The summed E-state index contributed by atoms with van der Waals surface area (Å²) in [6, 6.07) is 6.59. The lowest BCUT2D eigenvalue weighted by atomic mass is 10.00. The van der Waals surface area contributed by atoms with Gasteiger partial charge in [0.25, 0.3) is 0 Å². The average molecular weight is 444 g/mol. The van der Waals surface area contributed by atoms with E-state index in [0.29, 0.717) is 5.92 Å². The predicted molar refractivity (Wildman–Crippen MR) is 131 cm³/mol. The molecule has 2 nitrogen and oxygen atoms in total. The molecular formula is C27H35ClFNO. The number of nitrogens with one attached hydrogen (secondary N) is 1. The molecule has 4 heteroatoms. The molecule has 0 aliphatic heterocycles. The number of rotatable bonds is 9. The summed E-state index contributed by atoms with van der Waals surface area (Å²) in [5.41, 5.74) is 9.60. The number of halogens is 2. The van der Waals surface area contributed by atoms with E-state index in [4.69, 9.17) is 16.4 Å². The Labute approximate surface area is 192 Å². The summed E-state index contributed by atoms with van der Waals surface area (Å²) in [6.45, 7) is 12.6. The third-order valence-corrected chi connectivity index (χ3v) is 6.39. The van der Waals surface area contributed by atoms with E-state index in [9.17, 15) is 4.39 Å². The molecule has 1 aliphatic rings. The van der Waals surface area contributed by atoms with Gasteiger partial charge in [-0.25, -0.2) is 4.39 Å². The van der Waals surface area contributed by atoms with Crippen LogP contribution in [0.4, 0.5) is 4.39 Å². The number of benzene rings is 1. The quantitative estimate of drug-likeness (QED) is 0.388. The van der Waals surface area contributed by atoms with Crippen LogP contribution < -0.4 is 5.48 Å². The van der Waals surface area contributed by atoms with Crippen LogP contribution in [0.2, 0.25) is 0 Å². The average Bonchev–Trinajstić information content (AvgIpc) is 2.93. The van der Waals surface area contributed by atoms with Crippen molar-refractivity contribution in [2.45, 2.75) is 66.9 Å². The van der Waals surface area contributed by atoms with Crippen molar-refractivity contribution in [3.8, 4) is 0 Å². The number of allylic oxidation sites excluding steroid dienone is 8. The lowest BCUT2D eigenvalue weighted by Gasteiger charge is -2.21. The smallest absolute Gasteiger partial charge is 0.123 e. The van der Waals surface area contributed by atoms with E-state index in [-0.39, 0.29) is 11.9 Å². The van der Waals surface area contributed by atoms with E-state index in [1.165, 1.54) is 17.7 Å². The van der Waals surface area contributed by atoms with Gasteiger partial charge in [0.1, 0.15) is 11.9 Å². The van der Waals surface area contributed by atoms with Crippen LogP contribution in [0, 0.1) is 11.7 Å². The fraction of sp³-hybridized carbons (Fsp3) is 0.407. The maximum Gasteiger partial charge on any atom is 0.123 e. The van der Waals surface area contributed by atoms with Crippen molar-refractivity contribution in [2.75, 3.05) is 0 Å². The molecule has 168 valence electrons. The first-order valence-electron chi connectivity index (χ1n) is 11.1. The molecule has 0 saturated carbocycles. The highest BCUT2D eigenvalue weighted by Crippen LogP contribution is 2.28. The third-order valence-electron chi connectivity index (χ3n) is 5.77. The van der Waals surface area contributed by atoms with Crippen LogP contribution in [-0.2, 0) is 4.84 Å². The molecule has 1 aliphatic carbocycles. The molecule has 0 aromatic heterocycles. The second-order valence-corrected chi connectivity index (χ2v) is 8.58. The van der Waals surface area contributed by atoms with Crippen LogP contribution in [0.25, 0.3) is 5.57 Å². The Hall–Kier alpha value is -2.10. The molecule has 0 fully saturated rings. The molecule has 0 amide bonds. The highest BCUT2D eigenvalue weighted by Gasteiger charge is 2.17. The minimum absolute atomic E-state index is 0.130. The Morgan fingerprint density at radius 3 is 2.52 bits per heavy atom. The highest BCUT2D eigenvalue weighted by molar-refractivity contribution is 6.30. The normalized spacial score (nSPS) is 17.7. The maximum atomic E-state index is 13.2. The van der Waals surface area contributed by atoms with Crippen LogP contribution in [0.5, 0.6) is 0 Å². The molecule has 1 aromatic carbocycles. The Kier molecular flexibility index (Phi) is 9.80. The molecule has 2 unspecified atom stereocenters. The van der Waals surface area contributed by atoms with Crippen molar-refractivity contribution in [1.29, 1.82) is 0 Å². The zero-order valence-corrected chi connectivity index (χ0v) is 20.3. The summed E-state index contributed by atoms with van der Waals surface area (Å²) in [4.78, 5) is 6.00. The van der Waals surface area contributed by atoms with Gasteiger partial charge < -0.3 is 0 Å². The van der Waals surface area contributed by atoms with E-state index >= 15 is 0 Å². The van der Waals surface area contributed by atoms with E-state index in [2.05, 4.69) is 51.4 Å². The van der Waals surface area contributed by atoms with Crippen LogP contribution in [-0.4, -0.2) is 6.10 Å². The Morgan fingerprint density at radius 2 is 1.90 bits per heavy atom. The first-order chi connectivity index (χ1) is 14.8. The first kappa shape index (κ1) is 25.2. The van der Waals surface area contributed by atoms with Crippen molar-refractivity contribution in [3.63, 3.8) is 0 Å². The van der Waals surface area contributed by atoms with Gasteiger partial charge in [0.05, 0.1) is 5.70 Å². The lowest BCUT2D eigenvalue weighted by Crippen LogP contribution is -2.23. The molecule has 0 spiro atoms. The molecule has 1 aromatic rings. The van der Waals surface area contributed by atoms with Gasteiger partial charge in [-0.05, 0) is 92.5 Å². The van der Waals surface area contributed by atoms with E-state index in [1.807, 2.05) is 19.9 Å². The largest absolute Gasteiger partial charge is 0.269 e. The minimum Gasteiger partial charge on any atom is -0.269 e. The Morgan fingerprint density at radius 1 is 1.23 bits per heavy atom. The van der Waals surface area contributed by atoms with Gasteiger partial charge in [-0.15, -0.1) is 0 Å². The minimum atomic E-state index is -0.225. The summed E-state index contributed by atoms with van der Waals surface area (Å²) in [5, 5.41) is 0.902. The van der Waals surface area contributed by atoms with E-state index < -0.39 is 0 Å². The predicted octanol–water partition coefficient (Wildman–Crippen LogP) is 8.25. The molecular weight excluding hydrogens is 409 g/mol. The van der Waals surface area contributed by atoms with Gasteiger partial charge >= 0.3 is 0 Å². The van der Waals surface area contributed by atoms with Crippen LogP contribution >= 0.6 is 11.6 Å². The van der Waals surface area contributed by atoms with Crippen molar-refractivity contribution in [2.24, 2.45) is 5.92 Å². The summed E-state index contributed by atoms with van der Waals surface area (Å²) in [5.74, 6) is 0.105. The second-order valence-electron chi connectivity index (χ2n) is 8.17. The Bertz CT molecular complexity index is 906. The molecule has 31 heavy (non-hydrogen) atoms. The first-order valence-corrected chi connectivity index (χ1v) is 11.5. The maximum absolute atomic E-state index is 13.2.